The minimum Gasteiger partial charge on any atom is -0.338 e. The Morgan fingerprint density at radius 3 is 2.46 bits per heavy atom. The van der Waals surface area contributed by atoms with Crippen LogP contribution in [0.5, 0.6) is 0 Å². The molecule has 0 radical (unpaired) electrons. The number of anilines is 3. The van der Waals surface area contributed by atoms with Crippen molar-refractivity contribution in [2.45, 2.75) is 6.92 Å². The molecule has 0 fully saturated rings. The van der Waals surface area contributed by atoms with E-state index < -0.39 is 0 Å². The van der Waals surface area contributed by atoms with Gasteiger partial charge in [0.15, 0.2) is 0 Å². The maximum absolute atomic E-state index is 12.7. The maximum atomic E-state index is 12.7. The van der Waals surface area contributed by atoms with Crippen LogP contribution in [0.4, 0.5) is 17.2 Å². The average Bonchev–Trinajstić information content (AvgIpc) is 2.70. The Balaban J connectivity index is 1.79. The number of nitrogens with zero attached hydrogens (tertiary/aromatic N) is 4. The third-order valence-corrected chi connectivity index (χ3v) is 3.81. The van der Waals surface area contributed by atoms with Gasteiger partial charge in [-0.1, -0.05) is 30.3 Å². The molecule has 0 atom stereocenters. The smallest absolute Gasteiger partial charge is 0.278 e. The van der Waals surface area contributed by atoms with Crippen molar-refractivity contribution in [2.24, 2.45) is 0 Å². The van der Waals surface area contributed by atoms with Crippen LogP contribution in [-0.4, -0.2) is 22.4 Å². The van der Waals surface area contributed by atoms with E-state index in [0.29, 0.717) is 23.6 Å². The topological polar surface area (TPSA) is 81.9 Å². The van der Waals surface area contributed by atoms with Crippen molar-refractivity contribution in [2.75, 3.05) is 16.8 Å². The van der Waals surface area contributed by atoms with E-state index in [4.69, 9.17) is 5.26 Å². The summed E-state index contributed by atoms with van der Waals surface area (Å²) in [5.74, 6) is 0.252. The fourth-order valence-corrected chi connectivity index (χ4v) is 2.52. The van der Waals surface area contributed by atoms with Crippen LogP contribution in [0, 0.1) is 11.3 Å². The molecular formula is C20H17N5O. The SMILES string of the molecule is CCN(C(=O)c1cnc(Nc2ccccc2C#N)cn1)c1ccccc1. The lowest BCUT2D eigenvalue weighted by Gasteiger charge is -2.20. The van der Waals surface area contributed by atoms with Gasteiger partial charge in [-0.2, -0.15) is 5.26 Å². The van der Waals surface area contributed by atoms with Gasteiger partial charge in [-0.3, -0.25) is 4.79 Å². The lowest BCUT2D eigenvalue weighted by atomic mass is 10.2. The van der Waals surface area contributed by atoms with Crippen LogP contribution >= 0.6 is 0 Å². The number of hydrogen-bond acceptors (Lipinski definition) is 5. The first-order valence-corrected chi connectivity index (χ1v) is 8.18. The molecule has 3 aromatic rings. The second-order valence-electron chi connectivity index (χ2n) is 5.45. The molecule has 6 heteroatoms. The van der Waals surface area contributed by atoms with Crippen molar-refractivity contribution in [1.82, 2.24) is 9.97 Å². The van der Waals surface area contributed by atoms with Crippen LogP contribution in [0.15, 0.2) is 67.0 Å². The highest BCUT2D eigenvalue weighted by atomic mass is 16.2. The summed E-state index contributed by atoms with van der Waals surface area (Å²) in [6, 6.07) is 18.7. The summed E-state index contributed by atoms with van der Waals surface area (Å²) in [6.45, 7) is 2.44. The first-order valence-electron chi connectivity index (χ1n) is 8.18. The molecule has 0 aliphatic rings. The predicted molar refractivity (Wildman–Crippen MR) is 100 cm³/mol. The number of amides is 1. The van der Waals surface area contributed by atoms with Crippen molar-refractivity contribution in [3.8, 4) is 6.07 Å². The summed E-state index contributed by atoms with van der Waals surface area (Å²) in [7, 11) is 0. The summed E-state index contributed by atoms with van der Waals surface area (Å²) < 4.78 is 0. The summed E-state index contributed by atoms with van der Waals surface area (Å²) in [5, 5.41) is 12.2. The van der Waals surface area contributed by atoms with Crippen molar-refractivity contribution in [3.63, 3.8) is 0 Å². The Morgan fingerprint density at radius 2 is 1.81 bits per heavy atom. The average molecular weight is 343 g/mol. The fraction of sp³-hybridized carbons (Fsp3) is 0.100. The molecule has 0 saturated heterocycles. The zero-order valence-corrected chi connectivity index (χ0v) is 14.3. The zero-order chi connectivity index (χ0) is 18.4. The van der Waals surface area contributed by atoms with Gasteiger partial charge in [-0.05, 0) is 31.2 Å². The number of aromatic nitrogens is 2. The van der Waals surface area contributed by atoms with Crippen LogP contribution in [-0.2, 0) is 0 Å². The summed E-state index contributed by atoms with van der Waals surface area (Å²) >= 11 is 0. The van der Waals surface area contributed by atoms with Gasteiger partial charge in [0.1, 0.15) is 17.6 Å². The number of hydrogen-bond donors (Lipinski definition) is 1. The number of rotatable bonds is 5. The van der Waals surface area contributed by atoms with Gasteiger partial charge >= 0.3 is 0 Å². The molecule has 26 heavy (non-hydrogen) atoms. The molecule has 1 heterocycles. The van der Waals surface area contributed by atoms with Crippen LogP contribution in [0.1, 0.15) is 23.0 Å². The number of carbonyl (C=O) groups excluding carboxylic acids is 1. The number of para-hydroxylation sites is 2. The van der Waals surface area contributed by atoms with Crippen LogP contribution < -0.4 is 10.2 Å². The van der Waals surface area contributed by atoms with Gasteiger partial charge in [0.2, 0.25) is 0 Å². The minimum absolute atomic E-state index is 0.213. The fourth-order valence-electron chi connectivity index (χ4n) is 2.52. The van der Waals surface area contributed by atoms with Gasteiger partial charge in [0.25, 0.3) is 5.91 Å². The Labute approximate surface area is 151 Å². The van der Waals surface area contributed by atoms with Crippen molar-refractivity contribution in [1.29, 1.82) is 5.26 Å². The Kier molecular flexibility index (Phi) is 5.20. The van der Waals surface area contributed by atoms with Gasteiger partial charge in [-0.25, -0.2) is 9.97 Å². The number of carbonyl (C=O) groups is 1. The molecule has 3 rings (SSSR count). The number of nitriles is 1. The zero-order valence-electron chi connectivity index (χ0n) is 14.3. The van der Waals surface area contributed by atoms with Crippen LogP contribution in [0.3, 0.4) is 0 Å². The van der Waals surface area contributed by atoms with Crippen molar-refractivity contribution in [3.05, 3.63) is 78.2 Å². The lowest BCUT2D eigenvalue weighted by Crippen LogP contribution is -2.31. The third kappa shape index (κ3) is 3.68. The Hall–Kier alpha value is -3.72. The van der Waals surface area contributed by atoms with E-state index >= 15 is 0 Å². The highest BCUT2D eigenvalue weighted by Crippen LogP contribution is 2.19. The van der Waals surface area contributed by atoms with E-state index in [0.717, 1.165) is 5.69 Å². The van der Waals surface area contributed by atoms with Crippen LogP contribution in [0.25, 0.3) is 0 Å². The number of benzene rings is 2. The van der Waals surface area contributed by atoms with E-state index in [1.807, 2.05) is 43.3 Å². The Bertz CT molecular complexity index is 932. The molecule has 1 N–H and O–H groups in total. The molecule has 0 aliphatic heterocycles. The van der Waals surface area contributed by atoms with E-state index in [9.17, 15) is 4.79 Å². The third-order valence-electron chi connectivity index (χ3n) is 3.81. The maximum Gasteiger partial charge on any atom is 0.278 e. The van der Waals surface area contributed by atoms with E-state index in [1.165, 1.54) is 12.4 Å². The molecule has 0 bridgehead atoms. The van der Waals surface area contributed by atoms with Gasteiger partial charge < -0.3 is 10.2 Å². The second-order valence-corrected chi connectivity index (χ2v) is 5.45. The lowest BCUT2D eigenvalue weighted by molar-refractivity contribution is 0.0983. The van der Waals surface area contributed by atoms with E-state index in [-0.39, 0.29) is 11.6 Å². The summed E-state index contributed by atoms with van der Waals surface area (Å²) in [5.41, 5.74) is 2.22. The van der Waals surface area contributed by atoms with E-state index in [2.05, 4.69) is 21.4 Å². The molecule has 6 nitrogen and oxygen atoms in total. The highest BCUT2D eigenvalue weighted by molar-refractivity contribution is 6.04. The van der Waals surface area contributed by atoms with Crippen LogP contribution in [0.2, 0.25) is 0 Å². The molecule has 2 aromatic carbocycles. The molecule has 0 saturated carbocycles. The molecule has 0 unspecified atom stereocenters. The van der Waals surface area contributed by atoms with Crippen molar-refractivity contribution < 1.29 is 4.79 Å². The monoisotopic (exact) mass is 343 g/mol. The molecule has 1 amide bonds. The quantitative estimate of drug-likeness (QED) is 0.763. The molecule has 1 aromatic heterocycles. The number of nitrogens with one attached hydrogen (secondary N) is 1. The molecule has 0 spiro atoms. The molecule has 128 valence electrons. The first kappa shape index (κ1) is 17.1. The first-order chi connectivity index (χ1) is 12.7. The second kappa shape index (κ2) is 7.90. The van der Waals surface area contributed by atoms with Gasteiger partial charge in [0, 0.05) is 12.2 Å². The molecular weight excluding hydrogens is 326 g/mol. The molecule has 0 aliphatic carbocycles. The summed E-state index contributed by atoms with van der Waals surface area (Å²) in [4.78, 5) is 22.8. The largest absolute Gasteiger partial charge is 0.338 e. The standard InChI is InChI=1S/C20H17N5O/c1-2-25(16-9-4-3-5-10-16)20(26)18-13-23-19(14-22-18)24-17-11-7-6-8-15(17)12-21/h3-11,13-14H,2H2,1H3,(H,23,24). The Morgan fingerprint density at radius 1 is 1.08 bits per heavy atom. The highest BCUT2D eigenvalue weighted by Gasteiger charge is 2.17. The van der Waals surface area contributed by atoms with Gasteiger partial charge in [0.05, 0.1) is 23.6 Å². The van der Waals surface area contributed by atoms with Gasteiger partial charge in [-0.15, -0.1) is 0 Å². The summed E-state index contributed by atoms with van der Waals surface area (Å²) in [6.07, 6.45) is 2.92. The van der Waals surface area contributed by atoms with Crippen molar-refractivity contribution >= 4 is 23.1 Å². The normalized spacial score (nSPS) is 10.0. The van der Waals surface area contributed by atoms with E-state index in [1.54, 1.807) is 23.1 Å². The minimum atomic E-state index is -0.213. The predicted octanol–water partition coefficient (Wildman–Crippen LogP) is 3.76.